The fraction of sp³-hybridized carbons (Fsp3) is 1.00. The fourth-order valence-corrected chi connectivity index (χ4v) is 8.09. The Morgan fingerprint density at radius 3 is 1.90 bits per heavy atom. The third-order valence-corrected chi connectivity index (χ3v) is 8.70. The second-order valence-corrected chi connectivity index (χ2v) is 10.3. The second kappa shape index (κ2) is 7.56. The van der Waals surface area contributed by atoms with Crippen LogP contribution in [0.3, 0.4) is 0 Å². The third kappa shape index (κ3) is 3.90. The Balaban J connectivity index is 1.99. The minimum Gasteiger partial charge on any atom is -0.330 e. The highest BCUT2D eigenvalue weighted by atomic mass is 17.0. The minimum atomic E-state index is -0.954. The van der Waals surface area contributed by atoms with Crippen molar-refractivity contribution in [2.45, 2.75) is 84.7 Å². The molecule has 29 heavy (non-hydrogen) atoms. The van der Waals surface area contributed by atoms with Crippen LogP contribution >= 0.6 is 0 Å². The topological polar surface area (TPSA) is 131 Å². The number of hydrogen-bond donors (Lipinski definition) is 1. The Morgan fingerprint density at radius 1 is 0.931 bits per heavy atom. The zero-order valence-electron chi connectivity index (χ0n) is 17.9. The Hall–Kier alpha value is -1.64. The van der Waals surface area contributed by atoms with E-state index in [1.807, 2.05) is 6.92 Å². The number of nitrogens with zero attached hydrogens (tertiary/aromatic N) is 2. The van der Waals surface area contributed by atoms with E-state index in [-0.39, 0.29) is 27.6 Å². The standard InChI is InChI=1S/C20H35N3O6/c1-4-17-9-18(5-2)11-19(10-17,6-7-21)14-20(12-17,13-18)15(3)16(29-23(26)27)8-28-22(24)25/h15-16H,4-14,21H2,1-3H3. The molecule has 4 fully saturated rings. The molecule has 4 aliphatic rings. The van der Waals surface area contributed by atoms with Crippen LogP contribution in [0, 0.1) is 47.8 Å². The molecule has 0 saturated heterocycles. The SMILES string of the molecule is CCC12CC3(CC)CC(CCN)(C1)CC(C(C)C(CO[N+](=O)[O-])O[N+](=O)[O-])(C2)C3. The van der Waals surface area contributed by atoms with Crippen molar-refractivity contribution in [3.8, 4) is 0 Å². The van der Waals surface area contributed by atoms with Crippen LogP contribution in [0.2, 0.25) is 0 Å². The van der Waals surface area contributed by atoms with Gasteiger partial charge in [-0.2, -0.15) is 0 Å². The predicted octanol–water partition coefficient (Wildman–Crippen LogP) is 3.90. The van der Waals surface area contributed by atoms with Gasteiger partial charge in [-0.05, 0) is 79.1 Å². The van der Waals surface area contributed by atoms with E-state index in [4.69, 9.17) is 10.6 Å². The summed E-state index contributed by atoms with van der Waals surface area (Å²) in [5.74, 6) is -0.220. The highest BCUT2D eigenvalue weighted by Gasteiger charge is 2.68. The average Bonchev–Trinajstić information content (AvgIpc) is 2.63. The van der Waals surface area contributed by atoms with Crippen LogP contribution in [0.25, 0.3) is 0 Å². The van der Waals surface area contributed by atoms with E-state index in [0.717, 1.165) is 38.5 Å². The van der Waals surface area contributed by atoms with Gasteiger partial charge in [0.15, 0.2) is 0 Å². The smallest absolute Gasteiger partial charge is 0.294 e. The summed E-state index contributed by atoms with van der Waals surface area (Å²) in [6.07, 6.45) is 8.72. The fourth-order valence-electron chi connectivity index (χ4n) is 8.09. The van der Waals surface area contributed by atoms with Gasteiger partial charge in [-0.3, -0.25) is 0 Å². The molecule has 0 aromatic heterocycles. The highest BCUT2D eigenvalue weighted by Crippen LogP contribution is 2.77. The third-order valence-electron chi connectivity index (χ3n) is 8.70. The molecular formula is C20H35N3O6. The summed E-state index contributed by atoms with van der Waals surface area (Å²) in [6.45, 7) is 6.70. The maximum absolute atomic E-state index is 11.1. The summed E-state index contributed by atoms with van der Waals surface area (Å²) in [7, 11) is 0. The monoisotopic (exact) mass is 413 g/mol. The Bertz CT molecular complexity index is 636. The molecule has 0 aromatic rings. The zero-order valence-corrected chi connectivity index (χ0v) is 17.9. The molecule has 0 aromatic carbocycles. The van der Waals surface area contributed by atoms with E-state index < -0.39 is 22.9 Å². The van der Waals surface area contributed by atoms with Crippen molar-refractivity contribution in [2.75, 3.05) is 13.2 Å². The van der Waals surface area contributed by atoms with Gasteiger partial charge in [-0.1, -0.05) is 33.6 Å². The van der Waals surface area contributed by atoms with Crippen molar-refractivity contribution < 1.29 is 19.8 Å². The molecule has 0 radical (unpaired) electrons. The van der Waals surface area contributed by atoms with Gasteiger partial charge in [0.2, 0.25) is 0 Å². The molecule has 0 spiro atoms. The van der Waals surface area contributed by atoms with Gasteiger partial charge in [0, 0.05) is 0 Å². The number of nitrogens with two attached hydrogens (primary N) is 1. The van der Waals surface area contributed by atoms with Crippen molar-refractivity contribution in [3.63, 3.8) is 0 Å². The van der Waals surface area contributed by atoms with Crippen LogP contribution < -0.4 is 5.73 Å². The first kappa shape index (κ1) is 22.1. The van der Waals surface area contributed by atoms with Crippen molar-refractivity contribution in [1.82, 2.24) is 0 Å². The molecule has 9 heteroatoms. The molecule has 2 N–H and O–H groups in total. The summed E-state index contributed by atoms with van der Waals surface area (Å²) in [5.41, 5.74) is 6.49. The number of hydrogen-bond acceptors (Lipinski definition) is 7. The van der Waals surface area contributed by atoms with E-state index in [0.29, 0.717) is 6.54 Å². The molecule has 4 aliphatic carbocycles. The van der Waals surface area contributed by atoms with E-state index >= 15 is 0 Å². The van der Waals surface area contributed by atoms with Gasteiger partial charge in [-0.25, -0.2) is 0 Å². The minimum absolute atomic E-state index is 0.142. The molecule has 0 aliphatic heterocycles. The Morgan fingerprint density at radius 2 is 1.45 bits per heavy atom. The average molecular weight is 414 g/mol. The lowest BCUT2D eigenvalue weighted by atomic mass is 9.32. The molecule has 4 bridgehead atoms. The molecule has 4 atom stereocenters. The summed E-state index contributed by atoms with van der Waals surface area (Å²) in [5, 5.41) is 20.1. The van der Waals surface area contributed by atoms with Gasteiger partial charge in [0.1, 0.15) is 12.7 Å². The van der Waals surface area contributed by atoms with Crippen LogP contribution in [-0.4, -0.2) is 29.4 Å². The van der Waals surface area contributed by atoms with Gasteiger partial charge in [0.05, 0.1) is 0 Å². The summed E-state index contributed by atoms with van der Waals surface area (Å²) >= 11 is 0. The summed E-state index contributed by atoms with van der Waals surface area (Å²) in [4.78, 5) is 31.3. The van der Waals surface area contributed by atoms with Crippen LogP contribution in [0.4, 0.5) is 0 Å². The lowest BCUT2D eigenvalue weighted by Gasteiger charge is -2.73. The van der Waals surface area contributed by atoms with Crippen LogP contribution in [0.5, 0.6) is 0 Å². The molecule has 0 heterocycles. The molecule has 0 amide bonds. The maximum Gasteiger partial charge on any atom is 0.294 e. The van der Waals surface area contributed by atoms with E-state index in [2.05, 4.69) is 18.7 Å². The van der Waals surface area contributed by atoms with Crippen molar-refractivity contribution >= 4 is 0 Å². The summed E-state index contributed by atoms with van der Waals surface area (Å²) < 4.78 is 0. The van der Waals surface area contributed by atoms with Crippen molar-refractivity contribution in [2.24, 2.45) is 33.3 Å². The van der Waals surface area contributed by atoms with E-state index in [1.165, 1.54) is 19.3 Å². The Kier molecular flexibility index (Phi) is 5.75. The molecular weight excluding hydrogens is 378 g/mol. The molecule has 4 saturated carbocycles. The molecule has 166 valence electrons. The maximum atomic E-state index is 11.1. The first-order chi connectivity index (χ1) is 13.6. The van der Waals surface area contributed by atoms with Crippen LogP contribution in [0.1, 0.15) is 78.6 Å². The number of rotatable bonds is 11. The van der Waals surface area contributed by atoms with Crippen LogP contribution in [-0.2, 0) is 9.68 Å². The quantitative estimate of drug-likeness (QED) is 0.401. The van der Waals surface area contributed by atoms with Gasteiger partial charge in [-0.15, -0.1) is 20.2 Å². The van der Waals surface area contributed by atoms with Gasteiger partial charge in [0.25, 0.3) is 10.2 Å². The predicted molar refractivity (Wildman–Crippen MR) is 106 cm³/mol. The van der Waals surface area contributed by atoms with Crippen LogP contribution in [0.15, 0.2) is 0 Å². The molecule has 9 nitrogen and oxygen atoms in total. The van der Waals surface area contributed by atoms with Gasteiger partial charge < -0.3 is 15.4 Å². The van der Waals surface area contributed by atoms with E-state index in [1.54, 1.807) is 0 Å². The van der Waals surface area contributed by atoms with Gasteiger partial charge >= 0.3 is 0 Å². The largest absolute Gasteiger partial charge is 0.330 e. The first-order valence-corrected chi connectivity index (χ1v) is 10.9. The van der Waals surface area contributed by atoms with E-state index in [9.17, 15) is 20.2 Å². The molecule has 4 unspecified atom stereocenters. The first-order valence-electron chi connectivity index (χ1n) is 10.9. The second-order valence-electron chi connectivity index (χ2n) is 10.3. The Labute approximate surface area is 171 Å². The summed E-state index contributed by atoms with van der Waals surface area (Å²) in [6, 6.07) is 0. The highest BCUT2D eigenvalue weighted by molar-refractivity contribution is 5.18. The lowest BCUT2D eigenvalue weighted by Crippen LogP contribution is -2.64. The van der Waals surface area contributed by atoms with Crippen molar-refractivity contribution in [1.29, 1.82) is 0 Å². The lowest BCUT2D eigenvalue weighted by molar-refractivity contribution is -0.792. The normalized spacial score (nSPS) is 39.7. The zero-order chi connectivity index (χ0) is 21.5. The van der Waals surface area contributed by atoms with Crippen molar-refractivity contribution in [3.05, 3.63) is 20.2 Å². The molecule has 4 rings (SSSR count).